The molecule has 132 valence electrons. The summed E-state index contributed by atoms with van der Waals surface area (Å²) >= 11 is 0. The van der Waals surface area contributed by atoms with E-state index in [1.54, 1.807) is 0 Å². The van der Waals surface area contributed by atoms with Crippen molar-refractivity contribution in [3.63, 3.8) is 0 Å². The van der Waals surface area contributed by atoms with Crippen LogP contribution in [-0.2, 0) is 4.79 Å². The van der Waals surface area contributed by atoms with E-state index >= 15 is 0 Å². The van der Waals surface area contributed by atoms with Crippen LogP contribution in [0.2, 0.25) is 0 Å². The van der Waals surface area contributed by atoms with Crippen LogP contribution in [0, 0.1) is 23.7 Å². The zero-order valence-electron chi connectivity index (χ0n) is 15.9. The van der Waals surface area contributed by atoms with Crippen molar-refractivity contribution < 1.29 is 4.79 Å². The third kappa shape index (κ3) is 14.4. The zero-order valence-corrected chi connectivity index (χ0v) is 15.9. The van der Waals surface area contributed by atoms with Gasteiger partial charge in [-0.3, -0.25) is 4.79 Å². The maximum Gasteiger partial charge on any atom is 0.217 e. The fourth-order valence-electron chi connectivity index (χ4n) is 3.24. The number of hydrogen-bond acceptors (Lipinski definition) is 1. The van der Waals surface area contributed by atoms with E-state index in [1.807, 2.05) is 0 Å². The predicted molar refractivity (Wildman–Crippen MR) is 97.7 cm³/mol. The van der Waals surface area contributed by atoms with Crippen LogP contribution in [0.25, 0.3) is 0 Å². The standard InChI is InChI=1S/C20H41NO/c1-16(2)9-6-10-17(3)11-7-12-18(4)13-8-14-19(5)15-20(21)22/h16-19H,6-15H2,1-5H3,(H2,21,22)/t17-,18-,19-/m1/s1. The van der Waals surface area contributed by atoms with Crippen molar-refractivity contribution in [2.75, 3.05) is 0 Å². The molecule has 0 heterocycles. The smallest absolute Gasteiger partial charge is 0.217 e. The van der Waals surface area contributed by atoms with Crippen LogP contribution in [0.3, 0.4) is 0 Å². The summed E-state index contributed by atoms with van der Waals surface area (Å²) in [5.41, 5.74) is 5.23. The van der Waals surface area contributed by atoms with Gasteiger partial charge in [-0.1, -0.05) is 92.4 Å². The van der Waals surface area contributed by atoms with Crippen molar-refractivity contribution in [2.45, 2.75) is 98.8 Å². The second-order valence-electron chi connectivity index (χ2n) is 8.17. The number of hydrogen-bond donors (Lipinski definition) is 1. The van der Waals surface area contributed by atoms with E-state index < -0.39 is 0 Å². The zero-order chi connectivity index (χ0) is 17.0. The average Bonchev–Trinajstić information content (AvgIpc) is 2.37. The molecule has 3 atom stereocenters. The van der Waals surface area contributed by atoms with Gasteiger partial charge in [0.2, 0.25) is 5.91 Å². The first-order valence-electron chi connectivity index (χ1n) is 9.59. The summed E-state index contributed by atoms with van der Waals surface area (Å²) in [6.45, 7) is 11.6. The second-order valence-corrected chi connectivity index (χ2v) is 8.17. The topological polar surface area (TPSA) is 43.1 Å². The lowest BCUT2D eigenvalue weighted by molar-refractivity contribution is -0.118. The Hall–Kier alpha value is -0.530. The Kier molecular flexibility index (Phi) is 12.6. The van der Waals surface area contributed by atoms with Crippen molar-refractivity contribution in [1.29, 1.82) is 0 Å². The van der Waals surface area contributed by atoms with Gasteiger partial charge >= 0.3 is 0 Å². The van der Waals surface area contributed by atoms with Crippen LogP contribution < -0.4 is 5.73 Å². The fraction of sp³-hybridized carbons (Fsp3) is 0.950. The molecule has 0 saturated carbocycles. The van der Waals surface area contributed by atoms with E-state index in [-0.39, 0.29) is 5.91 Å². The van der Waals surface area contributed by atoms with Crippen molar-refractivity contribution in [1.82, 2.24) is 0 Å². The second kappa shape index (κ2) is 13.0. The molecule has 0 unspecified atom stereocenters. The van der Waals surface area contributed by atoms with E-state index in [4.69, 9.17) is 5.73 Å². The van der Waals surface area contributed by atoms with Crippen LogP contribution >= 0.6 is 0 Å². The number of nitrogens with two attached hydrogens (primary N) is 1. The molecule has 2 nitrogen and oxygen atoms in total. The van der Waals surface area contributed by atoms with Crippen LogP contribution in [-0.4, -0.2) is 5.91 Å². The van der Waals surface area contributed by atoms with E-state index in [0.717, 1.165) is 24.2 Å². The first-order valence-corrected chi connectivity index (χ1v) is 9.59. The Morgan fingerprint density at radius 3 is 1.41 bits per heavy atom. The number of rotatable bonds is 14. The summed E-state index contributed by atoms with van der Waals surface area (Å²) < 4.78 is 0. The molecule has 0 aliphatic carbocycles. The molecule has 0 aromatic rings. The molecular weight excluding hydrogens is 270 g/mol. The number of primary amides is 1. The number of carbonyl (C=O) groups excluding carboxylic acids is 1. The Bertz CT molecular complexity index is 275. The third-order valence-corrected chi connectivity index (χ3v) is 4.82. The number of carbonyl (C=O) groups is 1. The Morgan fingerprint density at radius 2 is 1.05 bits per heavy atom. The van der Waals surface area contributed by atoms with Crippen molar-refractivity contribution in [2.24, 2.45) is 29.4 Å². The SMILES string of the molecule is CC(C)CCC[C@@H](C)CCC[C@@H](C)CCC[C@@H](C)CC(N)=O. The summed E-state index contributed by atoms with van der Waals surface area (Å²) in [7, 11) is 0. The average molecular weight is 312 g/mol. The molecule has 2 N–H and O–H groups in total. The highest BCUT2D eigenvalue weighted by Gasteiger charge is 2.09. The molecule has 0 aromatic carbocycles. The molecule has 0 aliphatic heterocycles. The van der Waals surface area contributed by atoms with E-state index in [2.05, 4.69) is 34.6 Å². The largest absolute Gasteiger partial charge is 0.370 e. The molecule has 22 heavy (non-hydrogen) atoms. The highest BCUT2D eigenvalue weighted by atomic mass is 16.1. The van der Waals surface area contributed by atoms with Crippen molar-refractivity contribution >= 4 is 5.91 Å². The molecule has 1 amide bonds. The quantitative estimate of drug-likeness (QED) is 0.424. The lowest BCUT2D eigenvalue weighted by Gasteiger charge is -2.16. The minimum Gasteiger partial charge on any atom is -0.370 e. The van der Waals surface area contributed by atoms with Gasteiger partial charge in [0.05, 0.1) is 0 Å². The summed E-state index contributed by atoms with van der Waals surface area (Å²) in [5.74, 6) is 2.85. The Labute approximate surface area is 139 Å². The maximum absolute atomic E-state index is 10.8. The van der Waals surface area contributed by atoms with Crippen LogP contribution in [0.15, 0.2) is 0 Å². The summed E-state index contributed by atoms with van der Waals surface area (Å²) in [5, 5.41) is 0. The van der Waals surface area contributed by atoms with Crippen LogP contribution in [0.4, 0.5) is 0 Å². The first kappa shape index (κ1) is 21.5. The van der Waals surface area contributed by atoms with Gasteiger partial charge in [-0.15, -0.1) is 0 Å². The molecule has 0 fully saturated rings. The number of amides is 1. The molecular formula is C20H41NO. The lowest BCUT2D eigenvalue weighted by atomic mass is 9.91. The molecule has 0 saturated heterocycles. The summed E-state index contributed by atoms with van der Waals surface area (Å²) in [4.78, 5) is 10.8. The highest BCUT2D eigenvalue weighted by molar-refractivity contribution is 5.73. The first-order chi connectivity index (χ1) is 10.3. The molecule has 0 bridgehead atoms. The van der Waals surface area contributed by atoms with Gasteiger partial charge in [-0.2, -0.15) is 0 Å². The molecule has 0 radical (unpaired) electrons. The Balaban J connectivity index is 3.52. The van der Waals surface area contributed by atoms with E-state index in [9.17, 15) is 4.79 Å². The van der Waals surface area contributed by atoms with Gasteiger partial charge in [0, 0.05) is 6.42 Å². The van der Waals surface area contributed by atoms with Gasteiger partial charge in [-0.25, -0.2) is 0 Å². The van der Waals surface area contributed by atoms with Gasteiger partial charge < -0.3 is 5.73 Å². The van der Waals surface area contributed by atoms with Crippen LogP contribution in [0.1, 0.15) is 98.8 Å². The lowest BCUT2D eigenvalue weighted by Crippen LogP contribution is -2.14. The molecule has 2 heteroatoms. The third-order valence-electron chi connectivity index (χ3n) is 4.82. The monoisotopic (exact) mass is 311 g/mol. The van der Waals surface area contributed by atoms with Gasteiger partial charge in [-0.05, 0) is 23.7 Å². The highest BCUT2D eigenvalue weighted by Crippen LogP contribution is 2.22. The fourth-order valence-corrected chi connectivity index (χ4v) is 3.24. The molecule has 0 spiro atoms. The molecule has 0 aliphatic rings. The minimum absolute atomic E-state index is 0.160. The van der Waals surface area contributed by atoms with E-state index in [0.29, 0.717) is 12.3 Å². The minimum atomic E-state index is -0.160. The van der Waals surface area contributed by atoms with Crippen molar-refractivity contribution in [3.05, 3.63) is 0 Å². The normalized spacial score (nSPS) is 15.7. The van der Waals surface area contributed by atoms with E-state index in [1.165, 1.54) is 51.4 Å². The molecule has 0 aromatic heterocycles. The summed E-state index contributed by atoms with van der Waals surface area (Å²) in [6, 6.07) is 0. The summed E-state index contributed by atoms with van der Waals surface area (Å²) in [6.07, 6.45) is 12.5. The molecule has 0 rings (SSSR count). The van der Waals surface area contributed by atoms with Gasteiger partial charge in [0.15, 0.2) is 0 Å². The van der Waals surface area contributed by atoms with Crippen LogP contribution in [0.5, 0.6) is 0 Å². The van der Waals surface area contributed by atoms with Gasteiger partial charge in [0.1, 0.15) is 0 Å². The van der Waals surface area contributed by atoms with Gasteiger partial charge in [0.25, 0.3) is 0 Å². The van der Waals surface area contributed by atoms with Crippen molar-refractivity contribution in [3.8, 4) is 0 Å². The Morgan fingerprint density at radius 1 is 0.682 bits per heavy atom. The predicted octanol–water partition coefficient (Wildman–Crippen LogP) is 5.94. The maximum atomic E-state index is 10.8.